The van der Waals surface area contributed by atoms with E-state index in [0.717, 1.165) is 6.07 Å². The van der Waals surface area contributed by atoms with Crippen LogP contribution in [0.2, 0.25) is 0 Å². The Hall–Kier alpha value is -0.990. The second kappa shape index (κ2) is 4.90. The first-order valence-corrected chi connectivity index (χ1v) is 4.14. The predicted octanol–water partition coefficient (Wildman–Crippen LogP) is 3.75. The molecule has 0 aliphatic heterocycles. The minimum atomic E-state index is -1.10. The number of hydrogen-bond acceptors (Lipinski definition) is 0. The fourth-order valence-electron chi connectivity index (χ4n) is 0.888. The van der Waals surface area contributed by atoms with Gasteiger partial charge in [-0.3, -0.25) is 0 Å². The molecular formula is C10H13F3. The quantitative estimate of drug-likeness (QED) is 0.546. The zero-order chi connectivity index (χ0) is 10.6. The summed E-state index contributed by atoms with van der Waals surface area (Å²) in [6, 6.07) is 0.845. The third-order valence-electron chi connectivity index (χ3n) is 1.56. The predicted molar refractivity (Wildman–Crippen MR) is 47.1 cm³/mol. The van der Waals surface area contributed by atoms with Gasteiger partial charge in [-0.25, -0.2) is 13.2 Å². The molecule has 0 saturated carbocycles. The normalized spacial score (nSPS) is 9.15. The Bertz CT molecular complexity index is 266. The molecule has 1 aromatic carbocycles. The van der Waals surface area contributed by atoms with E-state index in [-0.39, 0.29) is 11.1 Å². The van der Waals surface area contributed by atoms with Gasteiger partial charge in [0.1, 0.15) is 5.82 Å². The number of rotatable bonds is 0. The molecule has 0 aliphatic carbocycles. The van der Waals surface area contributed by atoms with E-state index in [1.165, 1.54) is 13.8 Å². The fourth-order valence-corrected chi connectivity index (χ4v) is 0.888. The van der Waals surface area contributed by atoms with Crippen LogP contribution in [0.5, 0.6) is 0 Å². The van der Waals surface area contributed by atoms with Crippen LogP contribution in [0.1, 0.15) is 25.0 Å². The smallest absolute Gasteiger partial charge is 0.164 e. The van der Waals surface area contributed by atoms with Crippen molar-refractivity contribution in [2.24, 2.45) is 0 Å². The number of halogens is 3. The van der Waals surface area contributed by atoms with Crippen molar-refractivity contribution in [3.63, 3.8) is 0 Å². The third kappa shape index (κ3) is 2.47. The third-order valence-corrected chi connectivity index (χ3v) is 1.56. The van der Waals surface area contributed by atoms with E-state index in [1.807, 2.05) is 13.8 Å². The standard InChI is InChI=1S/C8H7F3.C2H6/c1-4-3-6(9)8(11)5(2)7(4)10;1-2/h3H,1-2H3;1-2H3. The maximum absolute atomic E-state index is 12.8. The molecule has 13 heavy (non-hydrogen) atoms. The Kier molecular flexibility index (Phi) is 4.52. The van der Waals surface area contributed by atoms with E-state index >= 15 is 0 Å². The molecule has 0 N–H and O–H groups in total. The molecule has 0 nitrogen and oxygen atoms in total. The molecule has 0 atom stereocenters. The first kappa shape index (κ1) is 12.0. The van der Waals surface area contributed by atoms with Crippen molar-refractivity contribution in [1.29, 1.82) is 0 Å². The Morgan fingerprint density at radius 3 is 1.85 bits per heavy atom. The average molecular weight is 190 g/mol. The van der Waals surface area contributed by atoms with Crippen LogP contribution in [-0.2, 0) is 0 Å². The van der Waals surface area contributed by atoms with Gasteiger partial charge in [0.05, 0.1) is 0 Å². The highest BCUT2D eigenvalue weighted by Gasteiger charge is 2.11. The second-order valence-corrected chi connectivity index (χ2v) is 2.43. The largest absolute Gasteiger partial charge is 0.206 e. The van der Waals surface area contributed by atoms with E-state index in [2.05, 4.69) is 0 Å². The maximum Gasteiger partial charge on any atom is 0.164 e. The highest BCUT2D eigenvalue weighted by molar-refractivity contribution is 5.26. The van der Waals surface area contributed by atoms with Gasteiger partial charge in [0.25, 0.3) is 0 Å². The van der Waals surface area contributed by atoms with Crippen molar-refractivity contribution in [3.8, 4) is 0 Å². The first-order chi connectivity index (χ1) is 6.04. The van der Waals surface area contributed by atoms with Crippen molar-refractivity contribution >= 4 is 0 Å². The molecule has 0 bridgehead atoms. The molecule has 74 valence electrons. The van der Waals surface area contributed by atoms with Crippen molar-refractivity contribution < 1.29 is 13.2 Å². The Balaban J connectivity index is 0.000000671. The number of aryl methyl sites for hydroxylation is 1. The molecule has 0 radical (unpaired) electrons. The van der Waals surface area contributed by atoms with Crippen LogP contribution in [0.4, 0.5) is 13.2 Å². The fraction of sp³-hybridized carbons (Fsp3) is 0.400. The van der Waals surface area contributed by atoms with Crippen molar-refractivity contribution in [3.05, 3.63) is 34.6 Å². The Morgan fingerprint density at radius 1 is 0.923 bits per heavy atom. The van der Waals surface area contributed by atoms with Crippen LogP contribution in [0, 0.1) is 31.3 Å². The number of hydrogen-bond donors (Lipinski definition) is 0. The summed E-state index contributed by atoms with van der Waals surface area (Å²) in [7, 11) is 0. The van der Waals surface area contributed by atoms with Gasteiger partial charge in [-0.1, -0.05) is 13.8 Å². The number of benzene rings is 1. The van der Waals surface area contributed by atoms with Crippen LogP contribution in [0.25, 0.3) is 0 Å². The Morgan fingerprint density at radius 2 is 1.38 bits per heavy atom. The van der Waals surface area contributed by atoms with Gasteiger partial charge >= 0.3 is 0 Å². The first-order valence-electron chi connectivity index (χ1n) is 4.14. The van der Waals surface area contributed by atoms with Crippen LogP contribution in [0.15, 0.2) is 6.07 Å². The lowest BCUT2D eigenvalue weighted by Gasteiger charge is -2.02. The average Bonchev–Trinajstić information content (AvgIpc) is 2.15. The summed E-state index contributed by atoms with van der Waals surface area (Å²) in [5.74, 6) is -2.78. The van der Waals surface area contributed by atoms with E-state index in [1.54, 1.807) is 0 Å². The van der Waals surface area contributed by atoms with Crippen molar-refractivity contribution in [2.45, 2.75) is 27.7 Å². The van der Waals surface area contributed by atoms with Crippen molar-refractivity contribution in [2.75, 3.05) is 0 Å². The van der Waals surface area contributed by atoms with Gasteiger partial charge in [0.2, 0.25) is 0 Å². The molecule has 0 heterocycles. The summed E-state index contributed by atoms with van der Waals surface area (Å²) >= 11 is 0. The van der Waals surface area contributed by atoms with Crippen LogP contribution >= 0.6 is 0 Å². The molecule has 0 aromatic heterocycles. The van der Waals surface area contributed by atoms with Gasteiger partial charge in [-0.05, 0) is 25.5 Å². The summed E-state index contributed by atoms with van der Waals surface area (Å²) in [6.45, 7) is 6.60. The van der Waals surface area contributed by atoms with Crippen molar-refractivity contribution in [1.82, 2.24) is 0 Å². The van der Waals surface area contributed by atoms with E-state index < -0.39 is 17.5 Å². The zero-order valence-electron chi connectivity index (χ0n) is 8.21. The molecular weight excluding hydrogens is 177 g/mol. The molecule has 0 spiro atoms. The molecule has 0 aliphatic rings. The lowest BCUT2D eigenvalue weighted by atomic mass is 10.1. The van der Waals surface area contributed by atoms with E-state index in [0.29, 0.717) is 0 Å². The lowest BCUT2D eigenvalue weighted by molar-refractivity contribution is 0.483. The summed E-state index contributed by atoms with van der Waals surface area (Å²) < 4.78 is 37.8. The van der Waals surface area contributed by atoms with Gasteiger partial charge in [-0.2, -0.15) is 0 Å². The highest BCUT2D eigenvalue weighted by atomic mass is 19.2. The summed E-state index contributed by atoms with van der Waals surface area (Å²) in [5.41, 5.74) is -0.135. The zero-order valence-corrected chi connectivity index (χ0v) is 8.21. The minimum absolute atomic E-state index is 0.126. The molecule has 0 unspecified atom stereocenters. The molecule has 0 saturated heterocycles. The molecule has 1 rings (SSSR count). The van der Waals surface area contributed by atoms with Crippen LogP contribution < -0.4 is 0 Å². The van der Waals surface area contributed by atoms with E-state index in [9.17, 15) is 13.2 Å². The van der Waals surface area contributed by atoms with Crippen LogP contribution in [-0.4, -0.2) is 0 Å². The second-order valence-electron chi connectivity index (χ2n) is 2.43. The molecule has 3 heteroatoms. The molecule has 0 amide bonds. The molecule has 1 aromatic rings. The highest BCUT2D eigenvalue weighted by Crippen LogP contribution is 2.17. The minimum Gasteiger partial charge on any atom is -0.206 e. The lowest BCUT2D eigenvalue weighted by Crippen LogP contribution is -1.96. The maximum atomic E-state index is 12.8. The van der Waals surface area contributed by atoms with Gasteiger partial charge in [0, 0.05) is 5.56 Å². The van der Waals surface area contributed by atoms with Gasteiger partial charge < -0.3 is 0 Å². The SMILES string of the molecule is CC.Cc1cc(F)c(F)c(C)c1F. The van der Waals surface area contributed by atoms with Crippen LogP contribution in [0.3, 0.4) is 0 Å². The van der Waals surface area contributed by atoms with Gasteiger partial charge in [-0.15, -0.1) is 0 Å². The van der Waals surface area contributed by atoms with Gasteiger partial charge in [0.15, 0.2) is 11.6 Å². The monoisotopic (exact) mass is 190 g/mol. The summed E-state index contributed by atoms with van der Waals surface area (Å²) in [5, 5.41) is 0. The summed E-state index contributed by atoms with van der Waals surface area (Å²) in [6.07, 6.45) is 0. The molecule has 0 fully saturated rings. The topological polar surface area (TPSA) is 0 Å². The Labute approximate surface area is 76.4 Å². The summed E-state index contributed by atoms with van der Waals surface area (Å²) in [4.78, 5) is 0. The van der Waals surface area contributed by atoms with E-state index in [4.69, 9.17) is 0 Å².